The topological polar surface area (TPSA) is 66.1 Å². The predicted octanol–water partition coefficient (Wildman–Crippen LogP) is 3.42. The van der Waals surface area contributed by atoms with Crippen LogP contribution in [0.25, 0.3) is 0 Å². The van der Waals surface area contributed by atoms with Crippen LogP contribution in [0.2, 0.25) is 0 Å². The van der Waals surface area contributed by atoms with Gasteiger partial charge in [-0.3, -0.25) is 0 Å². The molecule has 2 atom stereocenters. The molecule has 1 aromatic carbocycles. The van der Waals surface area contributed by atoms with E-state index in [1.54, 1.807) is 18.2 Å². The highest BCUT2D eigenvalue weighted by molar-refractivity contribution is 9.10. The van der Waals surface area contributed by atoms with Gasteiger partial charge in [0.25, 0.3) is 6.02 Å². The summed E-state index contributed by atoms with van der Waals surface area (Å²) >= 11 is 3.32. The van der Waals surface area contributed by atoms with E-state index in [0.717, 1.165) is 12.8 Å². The maximum Gasteiger partial charge on any atom is 0.307 e. The lowest BCUT2D eigenvalue weighted by atomic mass is 9.97. The highest BCUT2D eigenvalue weighted by Gasteiger charge is 2.46. The number of benzene rings is 1. The smallest absolute Gasteiger partial charge is 0.307 e. The van der Waals surface area contributed by atoms with Gasteiger partial charge in [0, 0.05) is 16.6 Å². The number of hydrogen-bond acceptors (Lipinski definition) is 5. The Kier molecular flexibility index (Phi) is 4.70. The molecular formula is C16H19BrF2N2O3. The summed E-state index contributed by atoms with van der Waals surface area (Å²) in [5, 5.41) is 0. The second kappa shape index (κ2) is 6.48. The van der Waals surface area contributed by atoms with Gasteiger partial charge in [0.1, 0.15) is 11.4 Å². The molecule has 1 saturated heterocycles. The van der Waals surface area contributed by atoms with Crippen molar-refractivity contribution < 1.29 is 23.0 Å². The average Bonchev–Trinajstić information content (AvgIpc) is 2.52. The molecule has 0 amide bonds. The highest BCUT2D eigenvalue weighted by Crippen LogP contribution is 2.43. The lowest BCUT2D eigenvalue weighted by Crippen LogP contribution is -2.42. The zero-order valence-electron chi connectivity index (χ0n) is 13.2. The second-order valence-electron chi connectivity index (χ2n) is 6.31. The fourth-order valence-electron chi connectivity index (χ4n) is 2.89. The van der Waals surface area contributed by atoms with E-state index >= 15 is 0 Å². The van der Waals surface area contributed by atoms with Gasteiger partial charge in [-0.05, 0) is 38.0 Å². The van der Waals surface area contributed by atoms with Gasteiger partial charge in [-0.15, -0.1) is 0 Å². The van der Waals surface area contributed by atoms with Crippen molar-refractivity contribution in [3.05, 3.63) is 28.2 Å². The standard InChI is InChI=1S/C16H19BrF2N2O3/c1-15(5-2-6-22-8-15)24-12-4-3-10(17)7-11(12)13-16(18,19)9-23-14(20)21-13/h3-4,7,13H,2,5-6,8-9H2,1H3,(H2,20,21)/t13?,15-/m1/s1. The number of rotatable bonds is 3. The van der Waals surface area contributed by atoms with Crippen LogP contribution >= 0.6 is 15.9 Å². The fraction of sp³-hybridized carbons (Fsp3) is 0.562. The molecule has 0 bridgehead atoms. The second-order valence-corrected chi connectivity index (χ2v) is 7.23. The minimum absolute atomic E-state index is 0.246. The Hall–Kier alpha value is -1.41. The summed E-state index contributed by atoms with van der Waals surface area (Å²) in [5.41, 5.74) is 5.22. The number of alkyl halides is 2. The zero-order valence-corrected chi connectivity index (χ0v) is 14.8. The van der Waals surface area contributed by atoms with Crippen LogP contribution in [0.15, 0.2) is 27.7 Å². The van der Waals surface area contributed by atoms with Gasteiger partial charge < -0.3 is 19.9 Å². The summed E-state index contributed by atoms with van der Waals surface area (Å²) in [6.45, 7) is 2.21. The van der Waals surface area contributed by atoms with Crippen LogP contribution in [-0.2, 0) is 9.47 Å². The molecule has 2 aliphatic heterocycles. The first kappa shape index (κ1) is 17.4. The van der Waals surface area contributed by atoms with Gasteiger partial charge in [-0.1, -0.05) is 15.9 Å². The minimum atomic E-state index is -3.17. The van der Waals surface area contributed by atoms with Crippen LogP contribution < -0.4 is 10.5 Å². The van der Waals surface area contributed by atoms with E-state index < -0.39 is 24.2 Å². The molecular weight excluding hydrogens is 386 g/mol. The Labute approximate surface area is 147 Å². The predicted molar refractivity (Wildman–Crippen MR) is 88.5 cm³/mol. The number of ether oxygens (including phenoxy) is 3. The molecule has 1 unspecified atom stereocenters. The molecule has 0 saturated carbocycles. The van der Waals surface area contributed by atoms with Crippen molar-refractivity contribution in [2.24, 2.45) is 10.7 Å². The lowest BCUT2D eigenvalue weighted by molar-refractivity contribution is -0.0815. The van der Waals surface area contributed by atoms with Crippen LogP contribution in [0.3, 0.4) is 0 Å². The third kappa shape index (κ3) is 3.64. The van der Waals surface area contributed by atoms with Crippen molar-refractivity contribution in [1.29, 1.82) is 0 Å². The largest absolute Gasteiger partial charge is 0.485 e. The van der Waals surface area contributed by atoms with E-state index in [4.69, 9.17) is 15.2 Å². The Morgan fingerprint density at radius 3 is 2.88 bits per heavy atom. The summed E-state index contributed by atoms with van der Waals surface area (Å²) in [6.07, 6.45) is 1.65. The summed E-state index contributed by atoms with van der Waals surface area (Å²) in [4.78, 5) is 3.81. The van der Waals surface area contributed by atoms with Gasteiger partial charge in [0.2, 0.25) is 0 Å². The maximum atomic E-state index is 14.3. The molecule has 1 aromatic rings. The Morgan fingerprint density at radius 1 is 1.38 bits per heavy atom. The van der Waals surface area contributed by atoms with Crippen molar-refractivity contribution in [3.8, 4) is 5.75 Å². The lowest BCUT2D eigenvalue weighted by Gasteiger charge is -2.36. The molecule has 3 rings (SSSR count). The average molecular weight is 405 g/mol. The number of halogens is 3. The van der Waals surface area contributed by atoms with Crippen molar-refractivity contribution in [2.45, 2.75) is 37.3 Å². The van der Waals surface area contributed by atoms with E-state index in [9.17, 15) is 8.78 Å². The molecule has 132 valence electrons. The monoisotopic (exact) mass is 404 g/mol. The quantitative estimate of drug-likeness (QED) is 0.837. The molecule has 0 aromatic heterocycles. The fourth-order valence-corrected chi connectivity index (χ4v) is 3.26. The molecule has 5 nitrogen and oxygen atoms in total. The molecule has 1 fully saturated rings. The van der Waals surface area contributed by atoms with E-state index in [2.05, 4.69) is 25.7 Å². The van der Waals surface area contributed by atoms with Crippen molar-refractivity contribution >= 4 is 22.0 Å². The first-order valence-corrected chi connectivity index (χ1v) is 8.48. The third-order valence-corrected chi connectivity index (χ3v) is 4.59. The van der Waals surface area contributed by atoms with Gasteiger partial charge in [0.05, 0.1) is 6.61 Å². The summed E-state index contributed by atoms with van der Waals surface area (Å²) in [7, 11) is 0. The van der Waals surface area contributed by atoms with Crippen molar-refractivity contribution in [3.63, 3.8) is 0 Å². The number of amidine groups is 1. The van der Waals surface area contributed by atoms with Crippen molar-refractivity contribution in [2.75, 3.05) is 19.8 Å². The van der Waals surface area contributed by atoms with E-state index in [-0.39, 0.29) is 11.6 Å². The van der Waals surface area contributed by atoms with Gasteiger partial charge in [0.15, 0.2) is 12.6 Å². The SMILES string of the molecule is C[C@@]1(Oc2ccc(Br)cc2C2N=C(N)OCC2(F)F)CCCOC1. The molecule has 2 heterocycles. The van der Waals surface area contributed by atoms with E-state index in [0.29, 0.717) is 23.4 Å². The molecule has 0 aliphatic carbocycles. The van der Waals surface area contributed by atoms with Crippen LogP contribution in [0.4, 0.5) is 8.78 Å². The molecule has 0 spiro atoms. The first-order chi connectivity index (χ1) is 11.3. The number of nitrogens with zero attached hydrogens (tertiary/aromatic N) is 1. The molecule has 8 heteroatoms. The molecule has 24 heavy (non-hydrogen) atoms. The number of aliphatic imine (C=N–C) groups is 1. The number of nitrogens with two attached hydrogens (primary N) is 1. The van der Waals surface area contributed by atoms with Crippen LogP contribution in [0.5, 0.6) is 5.75 Å². The van der Waals surface area contributed by atoms with Crippen molar-refractivity contribution in [1.82, 2.24) is 0 Å². The van der Waals surface area contributed by atoms with Crippen LogP contribution in [-0.4, -0.2) is 37.4 Å². The molecule has 2 N–H and O–H groups in total. The summed E-state index contributed by atoms with van der Waals surface area (Å²) < 4.78 is 45.6. The highest BCUT2D eigenvalue weighted by atomic mass is 79.9. The zero-order chi connectivity index (χ0) is 17.4. The molecule has 0 radical (unpaired) electrons. The van der Waals surface area contributed by atoms with E-state index in [1.165, 1.54) is 0 Å². The van der Waals surface area contributed by atoms with Gasteiger partial charge in [-0.25, -0.2) is 13.8 Å². The van der Waals surface area contributed by atoms with Gasteiger partial charge >= 0.3 is 5.92 Å². The van der Waals surface area contributed by atoms with E-state index in [1.807, 2.05) is 6.92 Å². The first-order valence-electron chi connectivity index (χ1n) is 7.69. The Balaban J connectivity index is 1.98. The van der Waals surface area contributed by atoms with Crippen LogP contribution in [0, 0.1) is 0 Å². The molecule has 2 aliphatic rings. The normalized spacial score (nSPS) is 29.5. The summed E-state index contributed by atoms with van der Waals surface area (Å²) in [6, 6.07) is 3.30. The Bertz CT molecular complexity index is 648. The Morgan fingerprint density at radius 2 is 2.17 bits per heavy atom. The summed E-state index contributed by atoms with van der Waals surface area (Å²) in [5.74, 6) is -2.82. The minimum Gasteiger partial charge on any atom is -0.485 e. The third-order valence-electron chi connectivity index (χ3n) is 4.09. The number of hydrogen-bond donors (Lipinski definition) is 1. The maximum absolute atomic E-state index is 14.3. The van der Waals surface area contributed by atoms with Crippen LogP contribution in [0.1, 0.15) is 31.4 Å². The van der Waals surface area contributed by atoms with Gasteiger partial charge in [-0.2, -0.15) is 0 Å².